The third-order valence-corrected chi connectivity index (χ3v) is 5.95. The van der Waals surface area contributed by atoms with Crippen LogP contribution in [0.1, 0.15) is 22.3 Å². The highest BCUT2D eigenvalue weighted by Gasteiger charge is 2.28. The van der Waals surface area contributed by atoms with Gasteiger partial charge in [-0.15, -0.1) is 24.8 Å². The van der Waals surface area contributed by atoms with Crippen LogP contribution in [-0.2, 0) is 17.8 Å². The number of likely N-dealkylation sites (N-methyl/N-ethyl adjacent to an activating group) is 1. The maximum Gasteiger partial charge on any atom is 0.253 e. The van der Waals surface area contributed by atoms with Crippen molar-refractivity contribution in [2.24, 2.45) is 5.92 Å². The molecule has 0 saturated carbocycles. The minimum atomic E-state index is 0. The van der Waals surface area contributed by atoms with Crippen molar-refractivity contribution < 1.29 is 9.59 Å². The zero-order valence-electron chi connectivity index (χ0n) is 16.8. The molecule has 0 radical (unpaired) electrons. The van der Waals surface area contributed by atoms with E-state index >= 15 is 0 Å². The van der Waals surface area contributed by atoms with Crippen LogP contribution < -0.4 is 15.5 Å². The number of nitrogens with zero attached hydrogens (tertiary/aromatic N) is 4. The molecule has 2 aromatic rings. The third-order valence-electron chi connectivity index (χ3n) is 5.95. The number of fused-ring (bicyclic) bond motifs is 2. The minimum Gasteiger partial charge on any atom is -0.341 e. The molecule has 1 saturated heterocycles. The highest BCUT2D eigenvalue weighted by atomic mass is 35.5. The van der Waals surface area contributed by atoms with Crippen LogP contribution in [0.3, 0.4) is 0 Å². The molecule has 30 heavy (non-hydrogen) atoms. The van der Waals surface area contributed by atoms with Gasteiger partial charge in [0.25, 0.3) is 5.91 Å². The fourth-order valence-corrected chi connectivity index (χ4v) is 4.29. The first-order valence-corrected chi connectivity index (χ1v) is 9.85. The minimum absolute atomic E-state index is 0. The maximum atomic E-state index is 12.4. The predicted octanol–water partition coefficient (Wildman–Crippen LogP) is 2.05. The molecule has 3 aliphatic heterocycles. The van der Waals surface area contributed by atoms with Crippen LogP contribution in [0.15, 0.2) is 24.3 Å². The van der Waals surface area contributed by atoms with E-state index in [4.69, 9.17) is 0 Å². The van der Waals surface area contributed by atoms with Crippen molar-refractivity contribution in [3.8, 4) is 0 Å². The monoisotopic (exact) mass is 452 g/mol. The summed E-state index contributed by atoms with van der Waals surface area (Å²) in [4.78, 5) is 28.6. The number of carbonyl (C=O) groups excluding carboxylic acids is 2. The van der Waals surface area contributed by atoms with Gasteiger partial charge in [0.1, 0.15) is 5.82 Å². The number of nitrogens with one attached hydrogen (secondary N) is 2. The molecule has 1 atom stereocenters. The quantitative estimate of drug-likeness (QED) is 0.744. The Bertz CT molecular complexity index is 957. The van der Waals surface area contributed by atoms with Crippen LogP contribution in [-0.4, -0.2) is 59.7 Å². The van der Waals surface area contributed by atoms with E-state index in [0.29, 0.717) is 5.82 Å². The normalized spacial score (nSPS) is 19.6. The first-order valence-electron chi connectivity index (χ1n) is 9.85. The van der Waals surface area contributed by atoms with Crippen molar-refractivity contribution in [1.29, 1.82) is 0 Å². The molecular weight excluding hydrogens is 427 g/mol. The summed E-state index contributed by atoms with van der Waals surface area (Å²) in [5, 5.41) is 10.7. The molecule has 3 aliphatic rings. The Morgan fingerprint density at radius 2 is 2.03 bits per heavy atom. The molecule has 0 aliphatic carbocycles. The number of benzene rings is 1. The molecule has 0 spiro atoms. The van der Waals surface area contributed by atoms with Crippen molar-refractivity contribution >= 4 is 54.0 Å². The lowest BCUT2D eigenvalue weighted by Crippen LogP contribution is -2.34. The molecule has 2 amide bonds. The number of hydrogen-bond donors (Lipinski definition) is 2. The number of halogens is 2. The van der Waals surface area contributed by atoms with Crippen LogP contribution in [0.25, 0.3) is 0 Å². The molecule has 2 N–H and O–H groups in total. The van der Waals surface area contributed by atoms with Crippen molar-refractivity contribution in [3.05, 3.63) is 35.4 Å². The number of rotatable bonds is 3. The number of carbonyl (C=O) groups is 2. The Labute approximate surface area is 187 Å². The molecule has 4 heterocycles. The van der Waals surface area contributed by atoms with Crippen molar-refractivity contribution in [2.75, 3.05) is 43.4 Å². The zero-order valence-corrected chi connectivity index (χ0v) is 18.4. The topological polar surface area (TPSA) is 82.5 Å². The van der Waals surface area contributed by atoms with Gasteiger partial charge in [-0.1, -0.05) is 0 Å². The molecule has 8 nitrogen and oxygen atoms in total. The van der Waals surface area contributed by atoms with Gasteiger partial charge in [0.15, 0.2) is 5.82 Å². The van der Waals surface area contributed by atoms with Gasteiger partial charge in [0.05, 0.1) is 12.5 Å². The summed E-state index contributed by atoms with van der Waals surface area (Å²) in [5.41, 5.74) is 2.96. The first kappa shape index (κ1) is 22.4. The van der Waals surface area contributed by atoms with E-state index in [0.717, 1.165) is 68.2 Å². The summed E-state index contributed by atoms with van der Waals surface area (Å²) in [7, 11) is 1.84. The fourth-order valence-electron chi connectivity index (χ4n) is 4.29. The molecule has 162 valence electrons. The molecule has 1 unspecified atom stereocenters. The number of hydrogen-bond acceptors (Lipinski definition) is 5. The standard InChI is InChI=1S/C20H24N6O2.2ClH/c1-24-7-5-13-10-15(2-3-16(13)20(24)28)25-8-9-26-18(25)11-17(23-26)22-19(27)14-4-6-21-12-14;;/h2-3,10-11,14,21H,4-9,12H2,1H3,(H,22,23,27);2*1H. The van der Waals surface area contributed by atoms with Gasteiger partial charge in [-0.25, -0.2) is 4.68 Å². The van der Waals surface area contributed by atoms with Crippen LogP contribution in [0, 0.1) is 5.92 Å². The summed E-state index contributed by atoms with van der Waals surface area (Å²) >= 11 is 0. The molecule has 0 bridgehead atoms. The van der Waals surface area contributed by atoms with E-state index in [1.165, 1.54) is 0 Å². The second-order valence-corrected chi connectivity index (χ2v) is 7.76. The second-order valence-electron chi connectivity index (χ2n) is 7.76. The SMILES string of the molecule is CN1CCc2cc(N3CCn4nc(NC(=O)C5CCNC5)cc43)ccc2C1=O.Cl.Cl. The van der Waals surface area contributed by atoms with E-state index in [2.05, 4.69) is 26.7 Å². The van der Waals surface area contributed by atoms with Crippen molar-refractivity contribution in [2.45, 2.75) is 19.4 Å². The molecule has 10 heteroatoms. The molecule has 1 fully saturated rings. The average molecular weight is 453 g/mol. The lowest BCUT2D eigenvalue weighted by molar-refractivity contribution is -0.119. The Morgan fingerprint density at radius 3 is 2.80 bits per heavy atom. The van der Waals surface area contributed by atoms with Gasteiger partial charge in [-0.3, -0.25) is 9.59 Å². The summed E-state index contributed by atoms with van der Waals surface area (Å²) in [6, 6.07) is 7.98. The van der Waals surface area contributed by atoms with E-state index in [1.807, 2.05) is 29.9 Å². The lowest BCUT2D eigenvalue weighted by Gasteiger charge is -2.26. The molecule has 1 aromatic heterocycles. The van der Waals surface area contributed by atoms with Crippen LogP contribution >= 0.6 is 24.8 Å². The second kappa shape index (κ2) is 8.83. The average Bonchev–Trinajstić information content (AvgIpc) is 3.41. The van der Waals surface area contributed by atoms with Crippen LogP contribution in [0.2, 0.25) is 0 Å². The van der Waals surface area contributed by atoms with Gasteiger partial charge in [0.2, 0.25) is 5.91 Å². The van der Waals surface area contributed by atoms with Crippen molar-refractivity contribution in [1.82, 2.24) is 20.0 Å². The van der Waals surface area contributed by atoms with Crippen molar-refractivity contribution in [3.63, 3.8) is 0 Å². The third kappa shape index (κ3) is 3.87. The van der Waals surface area contributed by atoms with E-state index in [-0.39, 0.29) is 42.5 Å². The molecular formula is C20H26Cl2N6O2. The Hall–Kier alpha value is -2.29. The van der Waals surface area contributed by atoms with Crippen LogP contribution in [0.5, 0.6) is 0 Å². The van der Waals surface area contributed by atoms with Gasteiger partial charge >= 0.3 is 0 Å². The fraction of sp³-hybridized carbons (Fsp3) is 0.450. The first-order chi connectivity index (χ1) is 13.6. The summed E-state index contributed by atoms with van der Waals surface area (Å²) in [6.07, 6.45) is 1.74. The zero-order chi connectivity index (χ0) is 19.3. The smallest absolute Gasteiger partial charge is 0.253 e. The Kier molecular flexibility index (Phi) is 6.59. The van der Waals surface area contributed by atoms with Gasteiger partial charge < -0.3 is 20.4 Å². The largest absolute Gasteiger partial charge is 0.341 e. The van der Waals surface area contributed by atoms with Crippen LogP contribution in [0.4, 0.5) is 17.3 Å². The summed E-state index contributed by atoms with van der Waals surface area (Å²) in [5.74, 6) is 1.71. The molecule has 1 aromatic carbocycles. The highest BCUT2D eigenvalue weighted by molar-refractivity contribution is 5.97. The van der Waals surface area contributed by atoms with Gasteiger partial charge in [-0.2, -0.15) is 5.10 Å². The van der Waals surface area contributed by atoms with E-state index < -0.39 is 0 Å². The maximum absolute atomic E-state index is 12.4. The van der Waals surface area contributed by atoms with E-state index in [9.17, 15) is 9.59 Å². The highest BCUT2D eigenvalue weighted by Crippen LogP contribution is 2.34. The summed E-state index contributed by atoms with van der Waals surface area (Å²) in [6.45, 7) is 3.97. The van der Waals surface area contributed by atoms with Gasteiger partial charge in [-0.05, 0) is 43.1 Å². The van der Waals surface area contributed by atoms with E-state index in [1.54, 1.807) is 4.90 Å². The molecule has 5 rings (SSSR count). The number of anilines is 3. The summed E-state index contributed by atoms with van der Waals surface area (Å²) < 4.78 is 1.93. The van der Waals surface area contributed by atoms with Gasteiger partial charge in [0, 0.05) is 44.0 Å². The predicted molar refractivity (Wildman–Crippen MR) is 120 cm³/mol. The Morgan fingerprint density at radius 1 is 1.20 bits per heavy atom. The number of aromatic nitrogens is 2. The lowest BCUT2D eigenvalue weighted by atomic mass is 9.98. The number of amides is 2. The Balaban J connectivity index is 0.00000128.